The number of halogens is 4. The minimum absolute atomic E-state index is 0.102. The molecule has 4 aromatic rings. The first-order valence-electron chi connectivity index (χ1n) is 12.2. The molecule has 0 saturated carbocycles. The van der Waals surface area contributed by atoms with Crippen molar-refractivity contribution in [1.82, 2.24) is 34.0 Å². The predicted molar refractivity (Wildman–Crippen MR) is 136 cm³/mol. The Hall–Kier alpha value is -4.01. The molecule has 210 valence electrons. The van der Waals surface area contributed by atoms with Crippen LogP contribution in [0.4, 0.5) is 13.2 Å². The SMILES string of the molecule is O=C(c1ccccc1-n1cnc(Cn2nc(-c3ccc(Cl)cc3)n(C[C@H](O)C(F)(F)F)c2=O)n1)N1CC[C@@H](O)C1. The zero-order chi connectivity index (χ0) is 28.6. The van der Waals surface area contributed by atoms with Gasteiger partial charge in [-0.05, 0) is 42.8 Å². The molecule has 11 nitrogen and oxygen atoms in total. The number of carbonyl (C=O) groups is 1. The number of aromatic nitrogens is 6. The number of aliphatic hydroxyl groups is 2. The Labute approximate surface area is 229 Å². The molecule has 5 rings (SSSR count). The molecule has 1 saturated heterocycles. The fourth-order valence-corrected chi connectivity index (χ4v) is 4.49. The number of hydrogen-bond donors (Lipinski definition) is 2. The number of benzene rings is 2. The highest BCUT2D eigenvalue weighted by Crippen LogP contribution is 2.24. The number of carbonyl (C=O) groups excluding carboxylic acids is 1. The second-order valence-electron chi connectivity index (χ2n) is 9.25. The predicted octanol–water partition coefficient (Wildman–Crippen LogP) is 2.12. The first-order valence-corrected chi connectivity index (χ1v) is 12.5. The summed E-state index contributed by atoms with van der Waals surface area (Å²) in [6.07, 6.45) is -6.49. The van der Waals surface area contributed by atoms with Gasteiger partial charge in [0.1, 0.15) is 12.9 Å². The number of rotatable bonds is 7. The van der Waals surface area contributed by atoms with Gasteiger partial charge < -0.3 is 15.1 Å². The van der Waals surface area contributed by atoms with Gasteiger partial charge in [0.2, 0.25) is 0 Å². The van der Waals surface area contributed by atoms with E-state index in [9.17, 15) is 33.0 Å². The standard InChI is InChI=1S/C25H23ClF3N7O4/c26-16-7-5-15(6-8-16)22-32-35(24(40)34(22)12-20(38)25(27,28)29)13-21-30-14-36(31-21)19-4-2-1-3-18(19)23(39)33-10-9-17(37)11-33/h1-8,14,17,20,37-38H,9-13H2/t17-,20+/m1/s1. The smallest absolute Gasteiger partial charge is 0.391 e. The molecule has 0 radical (unpaired) electrons. The number of hydrogen-bond acceptors (Lipinski definition) is 7. The summed E-state index contributed by atoms with van der Waals surface area (Å²) in [6.45, 7) is -0.722. The summed E-state index contributed by atoms with van der Waals surface area (Å²) in [4.78, 5) is 31.9. The second kappa shape index (κ2) is 10.9. The van der Waals surface area contributed by atoms with Crippen molar-refractivity contribution < 1.29 is 28.2 Å². The Kier molecular flexibility index (Phi) is 7.49. The van der Waals surface area contributed by atoms with Gasteiger partial charge in [-0.15, -0.1) is 10.2 Å². The molecule has 1 amide bonds. The molecule has 1 aliphatic rings. The molecule has 0 bridgehead atoms. The van der Waals surface area contributed by atoms with Crippen LogP contribution in [0.3, 0.4) is 0 Å². The van der Waals surface area contributed by atoms with Crippen molar-refractivity contribution >= 4 is 17.5 Å². The molecule has 0 spiro atoms. The molecule has 0 aliphatic carbocycles. The molecule has 2 aromatic heterocycles. The molecule has 40 heavy (non-hydrogen) atoms. The highest BCUT2D eigenvalue weighted by molar-refractivity contribution is 6.30. The van der Waals surface area contributed by atoms with Crippen LogP contribution in [0.15, 0.2) is 59.7 Å². The summed E-state index contributed by atoms with van der Waals surface area (Å²) in [7, 11) is 0. The van der Waals surface area contributed by atoms with Crippen LogP contribution in [0.25, 0.3) is 17.1 Å². The number of nitrogens with zero attached hydrogens (tertiary/aromatic N) is 7. The Bertz CT molecular complexity index is 1580. The summed E-state index contributed by atoms with van der Waals surface area (Å²) in [6, 6.07) is 12.7. The average molecular weight is 578 g/mol. The van der Waals surface area contributed by atoms with E-state index in [2.05, 4.69) is 15.2 Å². The van der Waals surface area contributed by atoms with Gasteiger partial charge >= 0.3 is 11.9 Å². The van der Waals surface area contributed by atoms with Crippen molar-refractivity contribution in [1.29, 1.82) is 0 Å². The van der Waals surface area contributed by atoms with Crippen LogP contribution in [0, 0.1) is 0 Å². The minimum Gasteiger partial charge on any atom is -0.391 e. The fraction of sp³-hybridized carbons (Fsp3) is 0.320. The van der Waals surface area contributed by atoms with E-state index in [1.165, 1.54) is 35.3 Å². The first kappa shape index (κ1) is 27.6. The molecule has 1 aliphatic heterocycles. The Morgan fingerprint density at radius 1 is 1.12 bits per heavy atom. The van der Waals surface area contributed by atoms with Crippen LogP contribution in [0.1, 0.15) is 22.6 Å². The van der Waals surface area contributed by atoms with Crippen molar-refractivity contribution in [3.63, 3.8) is 0 Å². The van der Waals surface area contributed by atoms with Crippen molar-refractivity contribution in [2.45, 2.75) is 37.9 Å². The highest BCUT2D eigenvalue weighted by atomic mass is 35.5. The lowest BCUT2D eigenvalue weighted by atomic mass is 10.1. The van der Waals surface area contributed by atoms with E-state index in [-0.39, 0.29) is 30.6 Å². The van der Waals surface area contributed by atoms with E-state index in [4.69, 9.17) is 11.6 Å². The monoisotopic (exact) mass is 577 g/mol. The van der Waals surface area contributed by atoms with Crippen molar-refractivity contribution in [2.24, 2.45) is 0 Å². The maximum atomic E-state index is 13.1. The van der Waals surface area contributed by atoms with E-state index in [0.717, 1.165) is 9.25 Å². The molecule has 2 N–H and O–H groups in total. The van der Waals surface area contributed by atoms with Crippen molar-refractivity contribution in [3.05, 3.63) is 81.8 Å². The highest BCUT2D eigenvalue weighted by Gasteiger charge is 2.39. The Morgan fingerprint density at radius 3 is 2.52 bits per heavy atom. The van der Waals surface area contributed by atoms with E-state index < -0.39 is 30.6 Å². The number of likely N-dealkylation sites (tertiary alicyclic amines) is 1. The normalized spacial score (nSPS) is 16.4. The van der Waals surface area contributed by atoms with E-state index >= 15 is 0 Å². The maximum Gasteiger partial charge on any atom is 0.416 e. The van der Waals surface area contributed by atoms with Crippen LogP contribution < -0.4 is 5.69 Å². The number of para-hydroxylation sites is 1. The third kappa shape index (κ3) is 5.64. The van der Waals surface area contributed by atoms with Gasteiger partial charge in [-0.25, -0.2) is 19.1 Å². The van der Waals surface area contributed by atoms with Crippen molar-refractivity contribution in [3.8, 4) is 17.1 Å². The lowest BCUT2D eigenvalue weighted by Crippen LogP contribution is -2.37. The summed E-state index contributed by atoms with van der Waals surface area (Å²) in [5.41, 5.74) is 0.154. The molecular formula is C25H23ClF3N7O4. The van der Waals surface area contributed by atoms with Gasteiger partial charge in [-0.2, -0.15) is 13.2 Å². The van der Waals surface area contributed by atoms with Crippen LogP contribution >= 0.6 is 11.6 Å². The maximum absolute atomic E-state index is 13.1. The molecule has 2 atom stereocenters. The van der Waals surface area contributed by atoms with Gasteiger partial charge in [0.15, 0.2) is 17.8 Å². The fourth-order valence-electron chi connectivity index (χ4n) is 4.37. The molecule has 1 fully saturated rings. The van der Waals surface area contributed by atoms with Gasteiger partial charge in [-0.3, -0.25) is 9.36 Å². The van der Waals surface area contributed by atoms with E-state index in [1.807, 2.05) is 0 Å². The quantitative estimate of drug-likeness (QED) is 0.344. The second-order valence-corrected chi connectivity index (χ2v) is 9.69. The first-order chi connectivity index (χ1) is 19.0. The summed E-state index contributed by atoms with van der Waals surface area (Å²) in [5, 5.41) is 28.4. The van der Waals surface area contributed by atoms with E-state index in [0.29, 0.717) is 34.8 Å². The Balaban J connectivity index is 1.45. The molecule has 3 heterocycles. The largest absolute Gasteiger partial charge is 0.416 e. The zero-order valence-corrected chi connectivity index (χ0v) is 21.5. The molecular weight excluding hydrogens is 555 g/mol. The molecule has 0 unspecified atom stereocenters. The van der Waals surface area contributed by atoms with Gasteiger partial charge in [0, 0.05) is 23.7 Å². The topological polar surface area (TPSA) is 131 Å². The molecule has 15 heteroatoms. The minimum atomic E-state index is -4.95. The number of aliphatic hydroxyl groups excluding tert-OH is 2. The summed E-state index contributed by atoms with van der Waals surface area (Å²) < 4.78 is 42.3. The molecule has 2 aromatic carbocycles. The van der Waals surface area contributed by atoms with Crippen LogP contribution in [0.5, 0.6) is 0 Å². The third-order valence-electron chi connectivity index (χ3n) is 6.42. The van der Waals surface area contributed by atoms with E-state index in [1.54, 1.807) is 29.2 Å². The third-order valence-corrected chi connectivity index (χ3v) is 6.67. The summed E-state index contributed by atoms with van der Waals surface area (Å²) >= 11 is 5.92. The lowest BCUT2D eigenvalue weighted by Gasteiger charge is -2.17. The zero-order valence-electron chi connectivity index (χ0n) is 20.7. The summed E-state index contributed by atoms with van der Waals surface area (Å²) in [5.74, 6) is -0.284. The van der Waals surface area contributed by atoms with Gasteiger partial charge in [0.05, 0.1) is 23.9 Å². The van der Waals surface area contributed by atoms with Crippen LogP contribution in [-0.2, 0) is 13.1 Å². The van der Waals surface area contributed by atoms with Crippen molar-refractivity contribution in [2.75, 3.05) is 13.1 Å². The lowest BCUT2D eigenvalue weighted by molar-refractivity contribution is -0.207. The van der Waals surface area contributed by atoms with Gasteiger partial charge in [0.25, 0.3) is 5.91 Å². The Morgan fingerprint density at radius 2 is 1.85 bits per heavy atom. The number of β-amino-alcohol motifs (C(OH)–C–C–N with tert-alkyl or cyclic N) is 1. The van der Waals surface area contributed by atoms with Crippen LogP contribution in [-0.4, -0.2) is 81.6 Å². The van der Waals surface area contributed by atoms with Gasteiger partial charge in [-0.1, -0.05) is 23.7 Å². The average Bonchev–Trinajstić information content (AvgIpc) is 3.64. The number of amides is 1. The number of alkyl halides is 3. The van der Waals surface area contributed by atoms with Crippen LogP contribution in [0.2, 0.25) is 5.02 Å².